The van der Waals surface area contributed by atoms with Gasteiger partial charge in [0.15, 0.2) is 0 Å². The largest absolute Gasteiger partial charge is 0.184 e. The van der Waals surface area contributed by atoms with Gasteiger partial charge in [-0.3, -0.25) is 0 Å². The number of rotatable bonds is 2. The average molecular weight is 721 g/mol. The van der Waals surface area contributed by atoms with Crippen molar-refractivity contribution in [3.05, 3.63) is 146 Å². The third-order valence-corrected chi connectivity index (χ3v) is 10.2. The molecule has 42 heavy (non-hydrogen) atoms. The Bertz CT molecular complexity index is 1260. The van der Waals surface area contributed by atoms with Gasteiger partial charge in [0.25, 0.3) is 0 Å². The third kappa shape index (κ3) is 14.6. The van der Waals surface area contributed by atoms with Gasteiger partial charge in [-0.2, -0.15) is 95.7 Å². The number of fused-ring (bicyclic) bond motifs is 2. The number of hydrogen-bond acceptors (Lipinski definition) is 0. The summed E-state index contributed by atoms with van der Waals surface area (Å²) in [4.78, 5) is 0. The van der Waals surface area contributed by atoms with E-state index in [1.54, 1.807) is 10.4 Å². The summed E-state index contributed by atoms with van der Waals surface area (Å²) in [6.07, 6.45) is 0. The number of hydrogen-bond donors (Lipinski definition) is 0. The summed E-state index contributed by atoms with van der Waals surface area (Å²) in [7, 11) is -2.23. The van der Waals surface area contributed by atoms with E-state index in [2.05, 4.69) is 131 Å². The Morgan fingerprint density at radius 1 is 0.500 bits per heavy atom. The smallest absolute Gasteiger partial charge is 0.171 e. The Morgan fingerprint density at radius 3 is 1.02 bits per heavy atom. The van der Waals surface area contributed by atoms with Crippen LogP contribution in [0.15, 0.2) is 133 Å². The first-order valence-electron chi connectivity index (χ1n) is 13.5. The standard InChI is InChI=1S/2C12H15Si.2C6H5.2ClH.Si.Zr/c2*1-13(2,3)12-8-10-6-4-5-7-11(10)9-12;2*1-2-4-6-5-3-1;;;;/h2*4-9H,1-3H3;2*1-5H;2*1H;;/q4*-1;;;;. The molecule has 0 spiro atoms. The zero-order valence-electron chi connectivity index (χ0n) is 25.5. The average Bonchev–Trinajstić information content (AvgIpc) is 3.62. The van der Waals surface area contributed by atoms with Crippen LogP contribution in [0.4, 0.5) is 0 Å². The van der Waals surface area contributed by atoms with Gasteiger partial charge in [-0.05, 0) is 0 Å². The summed E-state index contributed by atoms with van der Waals surface area (Å²) in [6.45, 7) is 17.4. The van der Waals surface area contributed by atoms with Crippen molar-refractivity contribution in [2.75, 3.05) is 0 Å². The summed E-state index contributed by atoms with van der Waals surface area (Å²) >= 11 is 1.36. The zero-order valence-corrected chi connectivity index (χ0v) is 32.6. The molecule has 0 aliphatic heterocycles. The Hall–Kier alpha value is -1.79. The minimum absolute atomic E-state index is 0. The molecule has 0 nitrogen and oxygen atoms in total. The summed E-state index contributed by atoms with van der Waals surface area (Å²) < 4.78 is 0. The van der Waals surface area contributed by atoms with Crippen LogP contribution >= 0.6 is 24.8 Å². The van der Waals surface area contributed by atoms with Crippen LogP contribution in [0.2, 0.25) is 39.3 Å². The van der Waals surface area contributed by atoms with Crippen molar-refractivity contribution in [2.24, 2.45) is 0 Å². The van der Waals surface area contributed by atoms with E-state index in [4.69, 9.17) is 0 Å². The minimum atomic E-state index is -1.12. The molecule has 0 saturated heterocycles. The molecule has 6 rings (SSSR count). The van der Waals surface area contributed by atoms with Gasteiger partial charge >= 0.3 is 30.2 Å². The normalized spacial score (nSPS) is 9.93. The van der Waals surface area contributed by atoms with E-state index < -0.39 is 16.1 Å². The first-order valence-corrected chi connectivity index (χ1v) is 24.7. The van der Waals surface area contributed by atoms with Gasteiger partial charge < -0.3 is 0 Å². The molecule has 0 heterocycles. The Balaban J connectivity index is 0.000000543. The van der Waals surface area contributed by atoms with E-state index in [9.17, 15) is 0 Å². The van der Waals surface area contributed by atoms with Crippen molar-refractivity contribution in [2.45, 2.75) is 39.3 Å². The molecule has 0 aliphatic rings. The molecule has 0 fully saturated rings. The van der Waals surface area contributed by atoms with Gasteiger partial charge in [-0.15, -0.1) is 94.5 Å². The Morgan fingerprint density at radius 2 is 0.810 bits per heavy atom. The van der Waals surface area contributed by atoms with Crippen molar-refractivity contribution >= 4 is 79.8 Å². The fourth-order valence-electron chi connectivity index (χ4n) is 3.85. The topological polar surface area (TPSA) is 0 Å². The molecule has 2 radical (unpaired) electrons. The predicted octanol–water partition coefficient (Wildman–Crippen LogP) is 9.64. The van der Waals surface area contributed by atoms with E-state index in [1.165, 1.54) is 44.9 Å². The van der Waals surface area contributed by atoms with E-state index in [0.717, 1.165) is 0 Å². The second-order valence-electron chi connectivity index (χ2n) is 11.4. The van der Waals surface area contributed by atoms with Crippen molar-refractivity contribution in [3.8, 4) is 0 Å². The third-order valence-electron chi connectivity index (χ3n) is 6.18. The van der Waals surface area contributed by atoms with Gasteiger partial charge in [0.05, 0.1) is 16.1 Å². The maximum Gasteiger partial charge on any atom is -0.171 e. The van der Waals surface area contributed by atoms with Crippen LogP contribution in [-0.4, -0.2) is 23.0 Å². The second kappa shape index (κ2) is 21.0. The molecule has 0 amide bonds. The van der Waals surface area contributed by atoms with Crippen molar-refractivity contribution in [1.29, 1.82) is 0 Å². The van der Waals surface area contributed by atoms with Crippen LogP contribution in [0.5, 0.6) is 0 Å². The summed E-state index contributed by atoms with van der Waals surface area (Å²) in [5.41, 5.74) is 0. The van der Waals surface area contributed by atoms with Crippen LogP contribution in [0.3, 0.4) is 0 Å². The second-order valence-corrected chi connectivity index (χ2v) is 21.6. The monoisotopic (exact) mass is 718 g/mol. The molecule has 6 aromatic carbocycles. The van der Waals surface area contributed by atoms with Crippen LogP contribution in [0, 0.1) is 12.1 Å². The van der Waals surface area contributed by atoms with Crippen LogP contribution in [-0.2, 0) is 23.3 Å². The van der Waals surface area contributed by atoms with Crippen LogP contribution in [0.1, 0.15) is 0 Å². The fourth-order valence-corrected chi connectivity index (χ4v) is 6.20. The molecule has 0 unspecified atom stereocenters. The first-order chi connectivity index (χ1) is 19.1. The number of halogens is 2. The first kappa shape index (κ1) is 40.2. The molecule has 0 bridgehead atoms. The van der Waals surface area contributed by atoms with E-state index in [-0.39, 0.29) is 24.8 Å². The maximum absolute atomic E-state index is 3.06. The Labute approximate surface area is 285 Å². The molecule has 0 saturated carbocycles. The van der Waals surface area contributed by atoms with Gasteiger partial charge in [-0.1, -0.05) is 51.4 Å². The summed E-state index contributed by atoms with van der Waals surface area (Å²) in [6, 6.07) is 51.6. The van der Waals surface area contributed by atoms with Gasteiger partial charge in [0, 0.05) is 0 Å². The fraction of sp³-hybridized carbons (Fsp3) is 0.167. The molecule has 0 atom stereocenters. The number of benzene rings is 4. The molecule has 6 heteroatoms. The summed E-state index contributed by atoms with van der Waals surface area (Å²) in [5, 5.41) is 8.68. The molecule has 0 aromatic heterocycles. The van der Waals surface area contributed by atoms with Crippen LogP contribution < -0.4 is 10.4 Å². The molecular weight excluding hydrogens is 679 g/mol. The Kier molecular flexibility index (Phi) is 20.1. The van der Waals surface area contributed by atoms with Gasteiger partial charge in [-0.25, -0.2) is 0 Å². The van der Waals surface area contributed by atoms with Crippen molar-refractivity contribution < 1.29 is 23.3 Å². The van der Waals surface area contributed by atoms with Gasteiger partial charge in [0.2, 0.25) is 0 Å². The van der Waals surface area contributed by atoms with Crippen molar-refractivity contribution in [1.82, 2.24) is 0 Å². The zero-order chi connectivity index (χ0) is 29.4. The molecule has 0 aliphatic carbocycles. The minimum Gasteiger partial charge on any atom is -0.184 e. The summed E-state index contributed by atoms with van der Waals surface area (Å²) in [5.74, 6) is 0. The maximum atomic E-state index is 3.06. The molecule has 0 N–H and O–H groups in total. The van der Waals surface area contributed by atoms with Gasteiger partial charge in [0.1, 0.15) is 0 Å². The molecule has 6 aromatic rings. The molecular formula is C36H42Cl2Si3Zr-4. The van der Waals surface area contributed by atoms with Crippen molar-refractivity contribution in [3.63, 3.8) is 0 Å². The molecule has 220 valence electrons. The van der Waals surface area contributed by atoms with E-state index in [1.807, 2.05) is 60.7 Å². The van der Waals surface area contributed by atoms with E-state index >= 15 is 0 Å². The quantitative estimate of drug-likeness (QED) is 0.124. The van der Waals surface area contributed by atoms with E-state index in [0.29, 0.717) is 0 Å². The van der Waals surface area contributed by atoms with Crippen LogP contribution in [0.25, 0.3) is 21.5 Å². The SMILES string of the molecule is C[Si](C)(C)c1cc2ccccc2[cH-]1.C[Si](C)(C)c1cc2ccccc2[cH-]1.Cl.Cl.[Si]=[Zr].[c-]1ccccc1.[c-]1ccccc1. The predicted molar refractivity (Wildman–Crippen MR) is 196 cm³/mol.